The van der Waals surface area contributed by atoms with Gasteiger partial charge in [0.05, 0.1) is 0 Å². The molecule has 84 valence electrons. The molecule has 3 heteroatoms. The van der Waals surface area contributed by atoms with Crippen molar-refractivity contribution in [3.63, 3.8) is 0 Å². The average molecular weight is 224 g/mol. The molecule has 3 rings (SSSR count). The summed E-state index contributed by atoms with van der Waals surface area (Å²) in [6.45, 7) is 0. The van der Waals surface area contributed by atoms with E-state index >= 15 is 0 Å². The summed E-state index contributed by atoms with van der Waals surface area (Å²) in [5.74, 6) is 0.693. The van der Waals surface area contributed by atoms with Crippen molar-refractivity contribution in [3.8, 4) is 0 Å². The molecule has 3 nitrogen and oxygen atoms in total. The molecule has 1 aromatic rings. The van der Waals surface area contributed by atoms with Gasteiger partial charge in [0.15, 0.2) is 0 Å². The quantitative estimate of drug-likeness (QED) is 0.768. The maximum Gasteiger partial charge on any atom is 0.271 e. The van der Waals surface area contributed by atoms with Crippen LogP contribution < -0.4 is 0 Å². The van der Waals surface area contributed by atoms with Gasteiger partial charge in [0.2, 0.25) is 0 Å². The second-order valence-electron chi connectivity index (χ2n) is 4.12. The first-order valence-electron chi connectivity index (χ1n) is 5.64. The number of hydrogen-bond acceptors (Lipinski definition) is 2. The van der Waals surface area contributed by atoms with Crippen LogP contribution in [0.2, 0.25) is 0 Å². The van der Waals surface area contributed by atoms with Crippen molar-refractivity contribution in [1.29, 1.82) is 0 Å². The fourth-order valence-electron chi connectivity index (χ4n) is 2.13. The lowest BCUT2D eigenvalue weighted by Gasteiger charge is -2.23. The summed E-state index contributed by atoms with van der Waals surface area (Å²) in [6, 6.07) is 9.84. The van der Waals surface area contributed by atoms with Gasteiger partial charge in [-0.05, 0) is 17.7 Å². The first-order chi connectivity index (χ1) is 8.34. The molecule has 0 spiro atoms. The number of carbonyl (C=O) groups is 1. The summed E-state index contributed by atoms with van der Waals surface area (Å²) in [4.78, 5) is 17.8. The van der Waals surface area contributed by atoms with Gasteiger partial charge in [0, 0.05) is 12.6 Å². The second kappa shape index (κ2) is 4.01. The van der Waals surface area contributed by atoms with Crippen molar-refractivity contribution >= 4 is 11.7 Å². The molecule has 17 heavy (non-hydrogen) atoms. The van der Waals surface area contributed by atoms with Crippen LogP contribution in [0.4, 0.5) is 0 Å². The Bertz CT molecular complexity index is 528. The number of amidine groups is 1. The molecule has 0 saturated carbocycles. The highest BCUT2D eigenvalue weighted by Crippen LogP contribution is 2.20. The minimum atomic E-state index is -0.186. The van der Waals surface area contributed by atoms with Crippen molar-refractivity contribution in [2.45, 2.75) is 12.5 Å². The third kappa shape index (κ3) is 1.80. The SMILES string of the molecule is O=C1N=C2C=CC=CN2C1Cc1ccccc1. The van der Waals surface area contributed by atoms with E-state index < -0.39 is 0 Å². The molecule has 0 fully saturated rings. The van der Waals surface area contributed by atoms with E-state index in [0.29, 0.717) is 6.42 Å². The number of fused-ring (bicyclic) bond motifs is 1. The second-order valence-corrected chi connectivity index (χ2v) is 4.12. The molecule has 1 aromatic carbocycles. The zero-order valence-electron chi connectivity index (χ0n) is 9.28. The van der Waals surface area contributed by atoms with Crippen molar-refractivity contribution in [3.05, 3.63) is 60.3 Å². The van der Waals surface area contributed by atoms with Gasteiger partial charge in [-0.25, -0.2) is 0 Å². The smallest absolute Gasteiger partial charge is 0.271 e. The third-order valence-electron chi connectivity index (χ3n) is 2.99. The van der Waals surface area contributed by atoms with Gasteiger partial charge in [-0.2, -0.15) is 4.99 Å². The van der Waals surface area contributed by atoms with E-state index in [-0.39, 0.29) is 11.9 Å². The van der Waals surface area contributed by atoms with Crippen LogP contribution in [0.1, 0.15) is 5.56 Å². The van der Waals surface area contributed by atoms with Gasteiger partial charge in [-0.3, -0.25) is 4.79 Å². The first kappa shape index (κ1) is 10.0. The van der Waals surface area contributed by atoms with E-state index in [0.717, 1.165) is 11.4 Å². The Morgan fingerprint density at radius 3 is 2.82 bits per heavy atom. The molecule has 0 radical (unpaired) electrons. The van der Waals surface area contributed by atoms with E-state index in [1.54, 1.807) is 0 Å². The first-order valence-corrected chi connectivity index (χ1v) is 5.64. The highest BCUT2D eigenvalue weighted by Gasteiger charge is 2.33. The van der Waals surface area contributed by atoms with Crippen molar-refractivity contribution in [2.75, 3.05) is 0 Å². The van der Waals surface area contributed by atoms with Crippen LogP contribution in [-0.2, 0) is 11.2 Å². The zero-order chi connectivity index (χ0) is 11.7. The summed E-state index contributed by atoms with van der Waals surface area (Å²) in [5, 5.41) is 0. The minimum Gasteiger partial charge on any atom is -0.320 e. The molecule has 0 aliphatic carbocycles. The summed E-state index contributed by atoms with van der Waals surface area (Å²) >= 11 is 0. The average Bonchev–Trinajstić information content (AvgIpc) is 2.68. The largest absolute Gasteiger partial charge is 0.320 e. The molecule has 1 amide bonds. The van der Waals surface area contributed by atoms with Gasteiger partial charge >= 0.3 is 0 Å². The number of aliphatic imine (C=N–C) groups is 1. The topological polar surface area (TPSA) is 32.7 Å². The van der Waals surface area contributed by atoms with Crippen LogP contribution in [0.5, 0.6) is 0 Å². The molecule has 2 aliphatic heterocycles. The fraction of sp³-hybridized carbons (Fsp3) is 0.143. The Balaban J connectivity index is 1.84. The van der Waals surface area contributed by atoms with Crippen molar-refractivity contribution in [2.24, 2.45) is 4.99 Å². The monoisotopic (exact) mass is 224 g/mol. The zero-order valence-corrected chi connectivity index (χ0v) is 9.28. The molecule has 0 aromatic heterocycles. The van der Waals surface area contributed by atoms with Crippen LogP contribution in [0.25, 0.3) is 0 Å². The molecule has 1 atom stereocenters. The Kier molecular flexibility index (Phi) is 2.37. The minimum absolute atomic E-state index is 0.0555. The van der Waals surface area contributed by atoms with Gasteiger partial charge in [0.1, 0.15) is 11.9 Å². The molecule has 2 aliphatic rings. The summed E-state index contributed by atoms with van der Waals surface area (Å²) in [5.41, 5.74) is 1.16. The summed E-state index contributed by atoms with van der Waals surface area (Å²) < 4.78 is 0. The summed E-state index contributed by atoms with van der Waals surface area (Å²) in [6.07, 6.45) is 8.30. The third-order valence-corrected chi connectivity index (χ3v) is 2.99. The molecule has 2 heterocycles. The molecule has 0 bridgehead atoms. The van der Waals surface area contributed by atoms with Crippen LogP contribution >= 0.6 is 0 Å². The highest BCUT2D eigenvalue weighted by atomic mass is 16.2. The number of carbonyl (C=O) groups excluding carboxylic acids is 1. The number of hydrogen-bond donors (Lipinski definition) is 0. The van der Waals surface area contributed by atoms with Crippen LogP contribution in [0, 0.1) is 0 Å². The van der Waals surface area contributed by atoms with Gasteiger partial charge in [-0.15, -0.1) is 0 Å². The van der Waals surface area contributed by atoms with Gasteiger partial charge in [-0.1, -0.05) is 36.4 Å². The van der Waals surface area contributed by atoms with Crippen molar-refractivity contribution in [1.82, 2.24) is 4.90 Å². The normalized spacial score (nSPS) is 21.6. The van der Waals surface area contributed by atoms with Gasteiger partial charge < -0.3 is 4.90 Å². The maximum atomic E-state index is 11.8. The predicted octanol–water partition coefficient (Wildman–Crippen LogP) is 1.92. The Morgan fingerprint density at radius 1 is 1.18 bits per heavy atom. The number of allylic oxidation sites excluding steroid dienone is 2. The Morgan fingerprint density at radius 2 is 2.00 bits per heavy atom. The lowest BCUT2D eigenvalue weighted by molar-refractivity contribution is -0.119. The fourth-order valence-corrected chi connectivity index (χ4v) is 2.13. The van der Waals surface area contributed by atoms with E-state index in [2.05, 4.69) is 4.99 Å². The molecule has 0 N–H and O–H groups in total. The van der Waals surface area contributed by atoms with E-state index in [4.69, 9.17) is 0 Å². The molecular weight excluding hydrogens is 212 g/mol. The molecule has 0 saturated heterocycles. The molecule has 1 unspecified atom stereocenters. The highest BCUT2D eigenvalue weighted by molar-refractivity contribution is 6.10. The summed E-state index contributed by atoms with van der Waals surface area (Å²) in [7, 11) is 0. The Hall–Kier alpha value is -2.16. The predicted molar refractivity (Wildman–Crippen MR) is 66.5 cm³/mol. The standard InChI is InChI=1S/C14H12N2O/c17-14-12(10-11-6-2-1-3-7-11)16-9-5-4-8-13(16)15-14/h1-9,12H,10H2. The molecular formula is C14H12N2O. The Labute approximate surface area is 99.8 Å². The number of rotatable bonds is 2. The number of benzene rings is 1. The lowest BCUT2D eigenvalue weighted by Crippen LogP contribution is -2.35. The maximum absolute atomic E-state index is 11.8. The van der Waals surface area contributed by atoms with Gasteiger partial charge in [0.25, 0.3) is 5.91 Å². The van der Waals surface area contributed by atoms with E-state index in [9.17, 15) is 4.79 Å². The van der Waals surface area contributed by atoms with Crippen molar-refractivity contribution < 1.29 is 4.79 Å². The number of amides is 1. The number of nitrogens with zero attached hydrogens (tertiary/aromatic N) is 2. The van der Waals surface area contributed by atoms with E-state index in [1.807, 2.05) is 59.7 Å². The van der Waals surface area contributed by atoms with E-state index in [1.165, 1.54) is 0 Å². The van der Waals surface area contributed by atoms with Crippen LogP contribution in [-0.4, -0.2) is 22.7 Å². The van der Waals surface area contributed by atoms with Crippen LogP contribution in [0.15, 0.2) is 59.8 Å². The van der Waals surface area contributed by atoms with Crippen LogP contribution in [0.3, 0.4) is 0 Å². The lowest BCUT2D eigenvalue weighted by atomic mass is 10.0.